The first-order valence-corrected chi connectivity index (χ1v) is 8.96. The van der Waals surface area contributed by atoms with Gasteiger partial charge in [-0.3, -0.25) is 4.79 Å². The van der Waals surface area contributed by atoms with Crippen molar-refractivity contribution in [1.29, 1.82) is 0 Å². The zero-order chi connectivity index (χ0) is 14.8. The van der Waals surface area contributed by atoms with Crippen LogP contribution in [0.1, 0.15) is 6.42 Å². The molecule has 0 aliphatic rings. The molecule has 0 radical (unpaired) electrons. The predicted octanol–water partition coefficient (Wildman–Crippen LogP) is 2.30. The Balaban J connectivity index is 2.49. The molecule has 0 saturated carbocycles. The molecule has 110 valence electrons. The number of para-hydroxylation sites is 1. The highest BCUT2D eigenvalue weighted by Gasteiger charge is 2.05. The normalized spacial score (nSPS) is 10.1. The van der Waals surface area contributed by atoms with Crippen LogP contribution in [0.25, 0.3) is 0 Å². The molecule has 1 aromatic rings. The van der Waals surface area contributed by atoms with E-state index in [0.29, 0.717) is 5.11 Å². The average Bonchev–Trinajstić information content (AvgIpc) is 2.42. The first-order valence-electron chi connectivity index (χ1n) is 6.17. The maximum Gasteiger partial charge on any atom is 0.227 e. The number of hydrogen-bond donors (Lipinski definition) is 3. The molecule has 4 N–H and O–H groups in total. The zero-order valence-electron chi connectivity index (χ0n) is 11.3. The molecule has 1 amide bonds. The van der Waals surface area contributed by atoms with Gasteiger partial charge in [0.15, 0.2) is 5.11 Å². The van der Waals surface area contributed by atoms with Gasteiger partial charge in [0.1, 0.15) is 0 Å². The van der Waals surface area contributed by atoms with Crippen molar-refractivity contribution in [3.63, 3.8) is 0 Å². The molecule has 0 unspecified atom stereocenters. The first-order chi connectivity index (χ1) is 9.63. The van der Waals surface area contributed by atoms with Crippen LogP contribution in [-0.4, -0.2) is 35.3 Å². The Morgan fingerprint density at radius 3 is 2.85 bits per heavy atom. The third kappa shape index (κ3) is 7.02. The number of rotatable bonds is 8. The monoisotopic (exact) mass is 329 g/mol. The van der Waals surface area contributed by atoms with E-state index in [-0.39, 0.29) is 11.7 Å². The molecule has 0 aliphatic carbocycles. The number of thioether (sulfide) groups is 2. The van der Waals surface area contributed by atoms with Gasteiger partial charge >= 0.3 is 0 Å². The van der Waals surface area contributed by atoms with E-state index in [2.05, 4.69) is 16.9 Å². The van der Waals surface area contributed by atoms with E-state index in [1.165, 1.54) is 11.8 Å². The standard InChI is InChI=1S/C13H19N3OS3/c1-19-8-4-7-15-13(18)16-10-5-2-3-6-11(10)20-9-12(14)17/h2-3,5-6H,4,7-9H2,1H3,(H2,14,17)(H2,15,16,18). The third-order valence-electron chi connectivity index (χ3n) is 2.32. The fourth-order valence-electron chi connectivity index (χ4n) is 1.43. The van der Waals surface area contributed by atoms with Crippen LogP contribution < -0.4 is 16.4 Å². The lowest BCUT2D eigenvalue weighted by molar-refractivity contribution is -0.115. The van der Waals surface area contributed by atoms with E-state index in [4.69, 9.17) is 18.0 Å². The van der Waals surface area contributed by atoms with Gasteiger partial charge in [-0.1, -0.05) is 12.1 Å². The lowest BCUT2D eigenvalue weighted by Gasteiger charge is -2.13. The van der Waals surface area contributed by atoms with E-state index in [1.807, 2.05) is 36.0 Å². The largest absolute Gasteiger partial charge is 0.369 e. The number of nitrogens with two attached hydrogens (primary N) is 1. The highest BCUT2D eigenvalue weighted by molar-refractivity contribution is 8.00. The number of hydrogen-bond acceptors (Lipinski definition) is 4. The molecule has 4 nitrogen and oxygen atoms in total. The Morgan fingerprint density at radius 1 is 1.40 bits per heavy atom. The number of carbonyl (C=O) groups is 1. The van der Waals surface area contributed by atoms with Crippen LogP contribution >= 0.6 is 35.7 Å². The molecule has 0 aliphatic heterocycles. The molecule has 1 aromatic carbocycles. The van der Waals surface area contributed by atoms with Crippen molar-refractivity contribution in [1.82, 2.24) is 5.32 Å². The van der Waals surface area contributed by atoms with Crippen LogP contribution in [-0.2, 0) is 4.79 Å². The predicted molar refractivity (Wildman–Crippen MR) is 93.6 cm³/mol. The summed E-state index contributed by atoms with van der Waals surface area (Å²) in [5.41, 5.74) is 6.06. The fourth-order valence-corrected chi connectivity index (χ4v) is 2.82. The van der Waals surface area contributed by atoms with E-state index >= 15 is 0 Å². The number of nitrogens with one attached hydrogen (secondary N) is 2. The van der Waals surface area contributed by atoms with Crippen molar-refractivity contribution in [3.8, 4) is 0 Å². The highest BCUT2D eigenvalue weighted by Crippen LogP contribution is 2.26. The van der Waals surface area contributed by atoms with E-state index in [0.717, 1.165) is 29.3 Å². The quantitative estimate of drug-likeness (QED) is 0.386. The minimum absolute atomic E-state index is 0.257. The molecular formula is C13H19N3OS3. The minimum Gasteiger partial charge on any atom is -0.369 e. The van der Waals surface area contributed by atoms with Crippen LogP contribution in [0.4, 0.5) is 5.69 Å². The molecule has 0 bridgehead atoms. The Morgan fingerprint density at radius 2 is 2.15 bits per heavy atom. The van der Waals surface area contributed by atoms with Gasteiger partial charge < -0.3 is 16.4 Å². The smallest absolute Gasteiger partial charge is 0.227 e. The molecule has 0 spiro atoms. The number of carbonyl (C=O) groups excluding carboxylic acids is 1. The van der Waals surface area contributed by atoms with E-state index in [9.17, 15) is 4.79 Å². The van der Waals surface area contributed by atoms with Crippen molar-refractivity contribution in [2.24, 2.45) is 5.73 Å². The molecular weight excluding hydrogens is 310 g/mol. The second-order valence-corrected chi connectivity index (χ2v) is 6.39. The first kappa shape index (κ1) is 17.1. The topological polar surface area (TPSA) is 67.2 Å². The van der Waals surface area contributed by atoms with Crippen molar-refractivity contribution < 1.29 is 4.79 Å². The summed E-state index contributed by atoms with van der Waals surface area (Å²) in [6.45, 7) is 0.850. The lowest BCUT2D eigenvalue weighted by atomic mass is 10.3. The Kier molecular flexibility index (Phi) is 8.48. The van der Waals surface area contributed by atoms with Crippen molar-refractivity contribution >= 4 is 52.4 Å². The summed E-state index contributed by atoms with van der Waals surface area (Å²) in [4.78, 5) is 11.8. The SMILES string of the molecule is CSCCCNC(=S)Nc1ccccc1SCC(N)=O. The molecule has 0 heterocycles. The summed E-state index contributed by atoms with van der Waals surface area (Å²) in [7, 11) is 0. The molecule has 0 aromatic heterocycles. The lowest BCUT2D eigenvalue weighted by Crippen LogP contribution is -2.29. The summed E-state index contributed by atoms with van der Waals surface area (Å²) in [5, 5.41) is 6.91. The molecule has 0 saturated heterocycles. The average molecular weight is 330 g/mol. The second-order valence-electron chi connectivity index (χ2n) is 3.98. The van der Waals surface area contributed by atoms with Gasteiger partial charge in [0.2, 0.25) is 5.91 Å². The third-order valence-corrected chi connectivity index (χ3v) is 4.36. The van der Waals surface area contributed by atoms with Gasteiger partial charge in [0, 0.05) is 11.4 Å². The molecule has 7 heteroatoms. The minimum atomic E-state index is -0.331. The summed E-state index contributed by atoms with van der Waals surface area (Å²) >= 11 is 8.47. The van der Waals surface area contributed by atoms with Crippen molar-refractivity contribution in [2.75, 3.05) is 29.6 Å². The highest BCUT2D eigenvalue weighted by atomic mass is 32.2. The molecule has 0 fully saturated rings. The van der Waals surface area contributed by atoms with Gasteiger partial charge in [0.05, 0.1) is 11.4 Å². The van der Waals surface area contributed by atoms with E-state index < -0.39 is 0 Å². The zero-order valence-corrected chi connectivity index (χ0v) is 13.8. The van der Waals surface area contributed by atoms with Crippen LogP contribution in [0.5, 0.6) is 0 Å². The Hall–Kier alpha value is -0.920. The number of anilines is 1. The van der Waals surface area contributed by atoms with E-state index in [1.54, 1.807) is 0 Å². The van der Waals surface area contributed by atoms with Gasteiger partial charge in [-0.25, -0.2) is 0 Å². The van der Waals surface area contributed by atoms with Gasteiger partial charge in [-0.2, -0.15) is 11.8 Å². The maximum absolute atomic E-state index is 10.8. The number of primary amides is 1. The van der Waals surface area contributed by atoms with Gasteiger partial charge in [-0.05, 0) is 42.8 Å². The van der Waals surface area contributed by atoms with Crippen LogP contribution in [0.2, 0.25) is 0 Å². The second kappa shape index (κ2) is 9.90. The van der Waals surface area contributed by atoms with Crippen molar-refractivity contribution in [2.45, 2.75) is 11.3 Å². The molecule has 20 heavy (non-hydrogen) atoms. The summed E-state index contributed by atoms with van der Waals surface area (Å²) in [6, 6.07) is 7.71. The summed E-state index contributed by atoms with van der Waals surface area (Å²) < 4.78 is 0. The number of benzene rings is 1. The van der Waals surface area contributed by atoms with Crippen LogP contribution in [0, 0.1) is 0 Å². The fraction of sp³-hybridized carbons (Fsp3) is 0.385. The Bertz CT molecular complexity index is 454. The maximum atomic E-state index is 10.8. The van der Waals surface area contributed by atoms with Crippen LogP contribution in [0.3, 0.4) is 0 Å². The number of amides is 1. The Labute approximate surface area is 133 Å². The molecule has 1 rings (SSSR count). The van der Waals surface area contributed by atoms with Gasteiger partial charge in [-0.15, -0.1) is 11.8 Å². The number of thiocarbonyl (C=S) groups is 1. The van der Waals surface area contributed by atoms with Crippen molar-refractivity contribution in [3.05, 3.63) is 24.3 Å². The summed E-state index contributed by atoms with van der Waals surface area (Å²) in [6.07, 6.45) is 3.16. The van der Waals surface area contributed by atoms with Gasteiger partial charge in [0.25, 0.3) is 0 Å². The summed E-state index contributed by atoms with van der Waals surface area (Å²) in [5.74, 6) is 1.04. The molecule has 0 atom stereocenters. The van der Waals surface area contributed by atoms with Crippen LogP contribution in [0.15, 0.2) is 29.2 Å².